The summed E-state index contributed by atoms with van der Waals surface area (Å²) in [6.07, 6.45) is 1.45. The van der Waals surface area contributed by atoms with Crippen LogP contribution < -0.4 is 10.1 Å². The SMILES string of the molecule is COc1ccc(-n2nnc3c(SCC(=O)Nc4ccc(C)cc4)ncnc32)cc1. The second kappa shape index (κ2) is 8.27. The summed E-state index contributed by atoms with van der Waals surface area (Å²) < 4.78 is 6.82. The minimum absolute atomic E-state index is 0.117. The first kappa shape index (κ1) is 18.9. The van der Waals surface area contributed by atoms with Crippen LogP contribution >= 0.6 is 11.8 Å². The third kappa shape index (κ3) is 4.19. The molecule has 0 saturated heterocycles. The Labute approximate surface area is 171 Å². The van der Waals surface area contributed by atoms with E-state index in [4.69, 9.17) is 4.74 Å². The predicted molar refractivity (Wildman–Crippen MR) is 112 cm³/mol. The number of fused-ring (bicyclic) bond motifs is 1. The van der Waals surface area contributed by atoms with Crippen LogP contribution in [-0.2, 0) is 4.79 Å². The van der Waals surface area contributed by atoms with Gasteiger partial charge in [-0.25, -0.2) is 9.97 Å². The van der Waals surface area contributed by atoms with E-state index in [1.54, 1.807) is 11.8 Å². The molecule has 0 fully saturated rings. The molecule has 4 aromatic rings. The number of thioether (sulfide) groups is 1. The third-order valence-electron chi connectivity index (χ3n) is 4.20. The summed E-state index contributed by atoms with van der Waals surface area (Å²) in [6, 6.07) is 15.1. The van der Waals surface area contributed by atoms with Crippen LogP contribution in [0, 0.1) is 6.92 Å². The molecule has 1 N–H and O–H groups in total. The van der Waals surface area contributed by atoms with Crippen molar-refractivity contribution in [2.24, 2.45) is 0 Å². The van der Waals surface area contributed by atoms with Gasteiger partial charge in [-0.2, -0.15) is 4.68 Å². The van der Waals surface area contributed by atoms with E-state index in [9.17, 15) is 4.79 Å². The van der Waals surface area contributed by atoms with Gasteiger partial charge in [0.05, 0.1) is 18.6 Å². The van der Waals surface area contributed by atoms with Crippen molar-refractivity contribution < 1.29 is 9.53 Å². The Morgan fingerprint density at radius 3 is 2.59 bits per heavy atom. The number of anilines is 1. The molecule has 0 radical (unpaired) electrons. The van der Waals surface area contributed by atoms with Gasteiger partial charge in [0, 0.05) is 5.69 Å². The number of nitrogens with zero attached hydrogens (tertiary/aromatic N) is 5. The maximum absolute atomic E-state index is 12.3. The van der Waals surface area contributed by atoms with Crippen LogP contribution in [0.15, 0.2) is 59.9 Å². The number of benzene rings is 2. The van der Waals surface area contributed by atoms with Gasteiger partial charge in [-0.3, -0.25) is 4.79 Å². The number of hydrogen-bond acceptors (Lipinski definition) is 7. The number of carbonyl (C=O) groups excluding carboxylic acids is 1. The molecule has 0 aliphatic carbocycles. The number of ether oxygens (including phenoxy) is 1. The average molecular weight is 406 g/mol. The maximum Gasteiger partial charge on any atom is 0.234 e. The van der Waals surface area contributed by atoms with Crippen molar-refractivity contribution in [3.63, 3.8) is 0 Å². The first-order chi connectivity index (χ1) is 14.1. The zero-order valence-corrected chi connectivity index (χ0v) is 16.7. The summed E-state index contributed by atoms with van der Waals surface area (Å²) in [7, 11) is 1.62. The van der Waals surface area contributed by atoms with E-state index in [1.165, 1.54) is 18.1 Å². The van der Waals surface area contributed by atoms with Crippen molar-refractivity contribution in [3.8, 4) is 11.4 Å². The largest absolute Gasteiger partial charge is 0.497 e. The monoisotopic (exact) mass is 406 g/mol. The normalized spacial score (nSPS) is 10.8. The molecule has 0 atom stereocenters. The topological polar surface area (TPSA) is 94.8 Å². The first-order valence-electron chi connectivity index (χ1n) is 8.84. The highest BCUT2D eigenvalue weighted by Gasteiger charge is 2.15. The van der Waals surface area contributed by atoms with Gasteiger partial charge in [0.15, 0.2) is 11.2 Å². The van der Waals surface area contributed by atoms with Crippen molar-refractivity contribution in [1.82, 2.24) is 25.0 Å². The number of aryl methyl sites for hydroxylation is 1. The van der Waals surface area contributed by atoms with Crippen LogP contribution in [0.2, 0.25) is 0 Å². The van der Waals surface area contributed by atoms with Gasteiger partial charge in [-0.1, -0.05) is 34.7 Å². The van der Waals surface area contributed by atoms with Gasteiger partial charge < -0.3 is 10.1 Å². The van der Waals surface area contributed by atoms with E-state index >= 15 is 0 Å². The molecule has 29 heavy (non-hydrogen) atoms. The molecule has 4 rings (SSSR count). The first-order valence-corrected chi connectivity index (χ1v) is 9.83. The minimum Gasteiger partial charge on any atom is -0.497 e. The van der Waals surface area contributed by atoms with Crippen LogP contribution in [0.1, 0.15) is 5.56 Å². The second-order valence-corrected chi connectivity index (χ2v) is 7.22. The lowest BCUT2D eigenvalue weighted by molar-refractivity contribution is -0.113. The van der Waals surface area contributed by atoms with E-state index < -0.39 is 0 Å². The van der Waals surface area contributed by atoms with Crippen LogP contribution in [0.25, 0.3) is 16.9 Å². The summed E-state index contributed by atoms with van der Waals surface area (Å²) in [5.41, 5.74) is 3.84. The number of hydrogen-bond donors (Lipinski definition) is 1. The Morgan fingerprint density at radius 1 is 1.10 bits per heavy atom. The van der Waals surface area contributed by atoms with Crippen molar-refractivity contribution in [1.29, 1.82) is 0 Å². The number of aromatic nitrogens is 5. The van der Waals surface area contributed by atoms with E-state index in [1.807, 2.05) is 55.5 Å². The van der Waals surface area contributed by atoms with Crippen LogP contribution in [0.3, 0.4) is 0 Å². The quantitative estimate of drug-likeness (QED) is 0.388. The number of methoxy groups -OCH3 is 1. The Morgan fingerprint density at radius 2 is 1.86 bits per heavy atom. The van der Waals surface area contributed by atoms with E-state index in [0.29, 0.717) is 16.2 Å². The molecule has 1 amide bonds. The third-order valence-corrected chi connectivity index (χ3v) is 5.18. The molecule has 2 aromatic heterocycles. The number of carbonyl (C=O) groups is 1. The highest BCUT2D eigenvalue weighted by Crippen LogP contribution is 2.25. The van der Waals surface area contributed by atoms with Crippen LogP contribution in [0.5, 0.6) is 5.75 Å². The molecule has 0 aliphatic rings. The van der Waals surface area contributed by atoms with Crippen LogP contribution in [0.4, 0.5) is 5.69 Å². The predicted octanol–water partition coefficient (Wildman–Crippen LogP) is 3.26. The molecule has 2 aromatic carbocycles. The summed E-state index contributed by atoms with van der Waals surface area (Å²) in [4.78, 5) is 20.8. The number of rotatable bonds is 6. The van der Waals surface area contributed by atoms with Gasteiger partial charge >= 0.3 is 0 Å². The van der Waals surface area contributed by atoms with Crippen molar-refractivity contribution >= 4 is 34.5 Å². The zero-order chi connectivity index (χ0) is 20.2. The Kier molecular flexibility index (Phi) is 5.39. The molecule has 0 unspecified atom stereocenters. The lowest BCUT2D eigenvalue weighted by Gasteiger charge is -2.06. The minimum atomic E-state index is -0.117. The second-order valence-electron chi connectivity index (χ2n) is 6.25. The fourth-order valence-corrected chi connectivity index (χ4v) is 3.43. The smallest absolute Gasteiger partial charge is 0.234 e. The van der Waals surface area contributed by atoms with E-state index in [0.717, 1.165) is 22.7 Å². The lowest BCUT2D eigenvalue weighted by atomic mass is 10.2. The molecule has 0 aliphatic heterocycles. The molecule has 146 valence electrons. The molecule has 0 saturated carbocycles. The lowest BCUT2D eigenvalue weighted by Crippen LogP contribution is -2.14. The molecule has 0 spiro atoms. The summed E-state index contributed by atoms with van der Waals surface area (Å²) in [6.45, 7) is 2.00. The summed E-state index contributed by atoms with van der Waals surface area (Å²) >= 11 is 1.30. The van der Waals surface area contributed by atoms with Crippen molar-refractivity contribution in [3.05, 3.63) is 60.4 Å². The van der Waals surface area contributed by atoms with Crippen molar-refractivity contribution in [2.45, 2.75) is 11.9 Å². The molecular formula is C20H18N6O2S. The highest BCUT2D eigenvalue weighted by molar-refractivity contribution is 8.00. The molecule has 0 bridgehead atoms. The molecule has 2 heterocycles. The Bertz CT molecular complexity index is 1140. The standard InChI is InChI=1S/C20H18N6O2S/c1-13-3-5-14(6-4-13)23-17(27)11-29-20-18-19(21-12-22-20)26(25-24-18)15-7-9-16(28-2)10-8-15/h3-10,12H,11H2,1-2H3,(H,23,27). The molecular weight excluding hydrogens is 388 g/mol. The van der Waals surface area contributed by atoms with E-state index in [-0.39, 0.29) is 11.7 Å². The Balaban J connectivity index is 1.50. The fourth-order valence-electron chi connectivity index (χ4n) is 2.70. The van der Waals surface area contributed by atoms with Gasteiger partial charge in [0.1, 0.15) is 17.1 Å². The average Bonchev–Trinajstić information content (AvgIpc) is 3.19. The summed E-state index contributed by atoms with van der Waals surface area (Å²) in [5, 5.41) is 11.9. The Hall–Kier alpha value is -3.46. The number of amides is 1. The number of nitrogens with one attached hydrogen (secondary N) is 1. The van der Waals surface area contributed by atoms with Crippen LogP contribution in [-0.4, -0.2) is 43.7 Å². The molecule has 8 nitrogen and oxygen atoms in total. The maximum atomic E-state index is 12.3. The van der Waals surface area contributed by atoms with E-state index in [2.05, 4.69) is 25.6 Å². The summed E-state index contributed by atoms with van der Waals surface area (Å²) in [5.74, 6) is 0.840. The van der Waals surface area contributed by atoms with Gasteiger partial charge in [-0.15, -0.1) is 5.10 Å². The highest BCUT2D eigenvalue weighted by atomic mass is 32.2. The van der Waals surface area contributed by atoms with Gasteiger partial charge in [0.25, 0.3) is 0 Å². The zero-order valence-electron chi connectivity index (χ0n) is 15.9. The van der Waals surface area contributed by atoms with Crippen molar-refractivity contribution in [2.75, 3.05) is 18.2 Å². The van der Waals surface area contributed by atoms with Gasteiger partial charge in [0.2, 0.25) is 5.91 Å². The molecule has 9 heteroatoms. The van der Waals surface area contributed by atoms with Gasteiger partial charge in [-0.05, 0) is 43.3 Å². The fraction of sp³-hybridized carbons (Fsp3) is 0.150.